The van der Waals surface area contributed by atoms with Crippen molar-refractivity contribution < 1.29 is 0 Å². The number of hydrogen-bond acceptors (Lipinski definition) is 2. The van der Waals surface area contributed by atoms with Gasteiger partial charge in [-0.15, -0.1) is 0 Å². The van der Waals surface area contributed by atoms with E-state index in [1.54, 1.807) is 0 Å². The maximum atomic E-state index is 4.02. The van der Waals surface area contributed by atoms with Gasteiger partial charge in [-0.2, -0.15) is 0 Å². The quantitative estimate of drug-likeness (QED) is 0.668. The van der Waals surface area contributed by atoms with Gasteiger partial charge in [0.15, 0.2) is 0 Å². The van der Waals surface area contributed by atoms with E-state index >= 15 is 0 Å². The molecule has 0 atom stereocenters. The zero-order valence-corrected chi connectivity index (χ0v) is 12.8. The lowest BCUT2D eigenvalue weighted by atomic mass is 10.1. The molecule has 0 radical (unpaired) electrons. The fraction of sp³-hybridized carbons (Fsp3) is 0.316. The first-order valence-electron chi connectivity index (χ1n) is 7.80. The summed E-state index contributed by atoms with van der Waals surface area (Å²) in [5, 5.41) is 3.47. The van der Waals surface area contributed by atoms with Crippen molar-refractivity contribution >= 4 is 17.8 Å². The van der Waals surface area contributed by atoms with Crippen molar-refractivity contribution in [3.8, 4) is 0 Å². The van der Waals surface area contributed by atoms with E-state index in [1.165, 1.54) is 42.5 Å². The van der Waals surface area contributed by atoms with Crippen molar-refractivity contribution in [2.45, 2.75) is 32.6 Å². The van der Waals surface area contributed by atoms with Crippen molar-refractivity contribution in [2.75, 3.05) is 11.9 Å². The van der Waals surface area contributed by atoms with Gasteiger partial charge in [0.05, 0.1) is 0 Å². The van der Waals surface area contributed by atoms with Gasteiger partial charge in [0.2, 0.25) is 0 Å². The van der Waals surface area contributed by atoms with Crippen molar-refractivity contribution in [2.24, 2.45) is 0 Å². The molecule has 21 heavy (non-hydrogen) atoms. The SMILES string of the molecule is CCCCCCNc1ccc(C=Cc2ccncc2)cc1. The third-order valence-corrected chi connectivity index (χ3v) is 3.44. The van der Waals surface area contributed by atoms with Crippen LogP contribution in [-0.4, -0.2) is 11.5 Å². The molecule has 1 aromatic heterocycles. The predicted molar refractivity (Wildman–Crippen MR) is 92.2 cm³/mol. The average molecular weight is 280 g/mol. The van der Waals surface area contributed by atoms with Crippen LogP contribution in [-0.2, 0) is 0 Å². The third kappa shape index (κ3) is 5.82. The number of nitrogens with zero attached hydrogens (tertiary/aromatic N) is 1. The Hall–Kier alpha value is -2.09. The molecule has 2 nitrogen and oxygen atoms in total. The smallest absolute Gasteiger partial charge is 0.0340 e. The van der Waals surface area contributed by atoms with Gasteiger partial charge in [0.1, 0.15) is 0 Å². The first kappa shape index (κ1) is 15.3. The Bertz CT molecular complexity index is 529. The summed E-state index contributed by atoms with van der Waals surface area (Å²) in [6, 6.07) is 12.6. The van der Waals surface area contributed by atoms with Gasteiger partial charge in [0, 0.05) is 24.6 Å². The summed E-state index contributed by atoms with van der Waals surface area (Å²) in [6.07, 6.45) is 13.0. The van der Waals surface area contributed by atoms with Crippen LogP contribution in [0.25, 0.3) is 12.2 Å². The van der Waals surface area contributed by atoms with E-state index in [-0.39, 0.29) is 0 Å². The number of hydrogen-bond donors (Lipinski definition) is 1. The highest BCUT2D eigenvalue weighted by Crippen LogP contribution is 2.13. The number of pyridine rings is 1. The topological polar surface area (TPSA) is 24.9 Å². The van der Waals surface area contributed by atoms with Crippen LogP contribution in [0.15, 0.2) is 48.8 Å². The van der Waals surface area contributed by atoms with Crippen LogP contribution in [0.2, 0.25) is 0 Å². The summed E-state index contributed by atoms with van der Waals surface area (Å²) in [7, 11) is 0. The van der Waals surface area contributed by atoms with Gasteiger partial charge in [-0.1, -0.05) is 50.5 Å². The second-order valence-electron chi connectivity index (χ2n) is 5.22. The molecular weight excluding hydrogens is 256 g/mol. The Morgan fingerprint density at radius 3 is 2.19 bits per heavy atom. The highest BCUT2D eigenvalue weighted by atomic mass is 14.9. The molecule has 0 amide bonds. The number of nitrogens with one attached hydrogen (secondary N) is 1. The van der Waals surface area contributed by atoms with Gasteiger partial charge in [-0.05, 0) is 41.8 Å². The molecule has 0 aliphatic heterocycles. The second kappa shape index (κ2) is 8.96. The van der Waals surface area contributed by atoms with Crippen LogP contribution < -0.4 is 5.32 Å². The molecule has 0 aliphatic carbocycles. The molecule has 0 fully saturated rings. The monoisotopic (exact) mass is 280 g/mol. The number of aromatic nitrogens is 1. The van der Waals surface area contributed by atoms with Crippen LogP contribution in [0.5, 0.6) is 0 Å². The molecule has 1 aromatic carbocycles. The Morgan fingerprint density at radius 2 is 1.52 bits per heavy atom. The van der Waals surface area contributed by atoms with E-state index in [9.17, 15) is 0 Å². The van der Waals surface area contributed by atoms with Gasteiger partial charge in [-0.25, -0.2) is 0 Å². The summed E-state index contributed by atoms with van der Waals surface area (Å²) < 4.78 is 0. The van der Waals surface area contributed by atoms with E-state index in [4.69, 9.17) is 0 Å². The molecule has 2 heteroatoms. The molecular formula is C19H24N2. The molecule has 2 rings (SSSR count). The highest BCUT2D eigenvalue weighted by Gasteiger charge is 1.93. The molecule has 0 unspecified atom stereocenters. The highest BCUT2D eigenvalue weighted by molar-refractivity contribution is 5.70. The van der Waals surface area contributed by atoms with Crippen molar-refractivity contribution in [3.05, 3.63) is 59.9 Å². The lowest BCUT2D eigenvalue weighted by molar-refractivity contribution is 0.685. The summed E-state index contributed by atoms with van der Waals surface area (Å²) in [5.74, 6) is 0. The van der Waals surface area contributed by atoms with Crippen LogP contribution in [0, 0.1) is 0 Å². The number of benzene rings is 1. The molecule has 0 bridgehead atoms. The van der Waals surface area contributed by atoms with Gasteiger partial charge in [0.25, 0.3) is 0 Å². The fourth-order valence-electron chi connectivity index (χ4n) is 2.16. The Balaban J connectivity index is 1.80. The zero-order chi connectivity index (χ0) is 14.8. The third-order valence-electron chi connectivity index (χ3n) is 3.44. The summed E-state index contributed by atoms with van der Waals surface area (Å²) >= 11 is 0. The second-order valence-corrected chi connectivity index (χ2v) is 5.22. The van der Waals surface area contributed by atoms with E-state index in [0.29, 0.717) is 0 Å². The van der Waals surface area contributed by atoms with Gasteiger partial charge in [-0.3, -0.25) is 4.98 Å². The normalized spacial score (nSPS) is 10.9. The first-order valence-corrected chi connectivity index (χ1v) is 7.80. The van der Waals surface area contributed by atoms with Crippen LogP contribution in [0.3, 0.4) is 0 Å². The first-order chi connectivity index (χ1) is 10.4. The minimum atomic E-state index is 1.06. The lowest BCUT2D eigenvalue weighted by Gasteiger charge is -2.06. The summed E-state index contributed by atoms with van der Waals surface area (Å²) in [6.45, 7) is 3.30. The van der Waals surface area contributed by atoms with E-state index in [1.807, 2.05) is 24.5 Å². The minimum absolute atomic E-state index is 1.06. The Labute approximate surface area is 127 Å². The summed E-state index contributed by atoms with van der Waals surface area (Å²) in [4.78, 5) is 4.02. The van der Waals surface area contributed by atoms with E-state index in [2.05, 4.69) is 53.6 Å². The minimum Gasteiger partial charge on any atom is -0.385 e. The molecule has 0 spiro atoms. The average Bonchev–Trinajstić information content (AvgIpc) is 2.55. The van der Waals surface area contributed by atoms with Crippen LogP contribution >= 0.6 is 0 Å². The Kier molecular flexibility index (Phi) is 6.53. The van der Waals surface area contributed by atoms with E-state index in [0.717, 1.165) is 6.54 Å². The van der Waals surface area contributed by atoms with Crippen LogP contribution in [0.4, 0.5) is 5.69 Å². The molecule has 110 valence electrons. The number of unbranched alkanes of at least 4 members (excludes halogenated alkanes) is 3. The summed E-state index contributed by atoms with van der Waals surface area (Å²) in [5.41, 5.74) is 3.58. The number of anilines is 1. The standard InChI is InChI=1S/C19H24N2/c1-2-3-4-5-14-21-19-10-8-17(9-11-19)6-7-18-12-15-20-16-13-18/h6-13,15-16,21H,2-5,14H2,1H3. The Morgan fingerprint density at radius 1 is 0.857 bits per heavy atom. The maximum Gasteiger partial charge on any atom is 0.0340 e. The van der Waals surface area contributed by atoms with Crippen molar-refractivity contribution in [3.63, 3.8) is 0 Å². The van der Waals surface area contributed by atoms with Crippen molar-refractivity contribution in [1.82, 2.24) is 4.98 Å². The van der Waals surface area contributed by atoms with Crippen LogP contribution in [0.1, 0.15) is 43.7 Å². The van der Waals surface area contributed by atoms with Crippen molar-refractivity contribution in [1.29, 1.82) is 0 Å². The molecule has 2 aromatic rings. The van der Waals surface area contributed by atoms with E-state index < -0.39 is 0 Å². The molecule has 0 saturated carbocycles. The fourth-order valence-corrected chi connectivity index (χ4v) is 2.16. The lowest BCUT2D eigenvalue weighted by Crippen LogP contribution is -2.00. The molecule has 1 N–H and O–H groups in total. The molecule has 0 aliphatic rings. The van der Waals surface area contributed by atoms with Gasteiger partial charge >= 0.3 is 0 Å². The predicted octanol–water partition coefficient (Wildman–Crippen LogP) is 5.24. The largest absolute Gasteiger partial charge is 0.385 e. The molecule has 1 heterocycles. The molecule has 0 saturated heterocycles. The zero-order valence-electron chi connectivity index (χ0n) is 12.8. The van der Waals surface area contributed by atoms with Gasteiger partial charge < -0.3 is 5.32 Å². The maximum absolute atomic E-state index is 4.02. The number of rotatable bonds is 8.